The molecule has 1 saturated carbocycles. The fourth-order valence-corrected chi connectivity index (χ4v) is 3.49. The Morgan fingerprint density at radius 2 is 1.83 bits per heavy atom. The fourth-order valence-electron chi connectivity index (χ4n) is 3.49. The molecular formula is C18H26N2O3. The van der Waals surface area contributed by atoms with E-state index in [1.54, 1.807) is 7.11 Å². The van der Waals surface area contributed by atoms with Gasteiger partial charge in [0.05, 0.1) is 26.2 Å². The summed E-state index contributed by atoms with van der Waals surface area (Å²) in [6, 6.07) is 7.24. The summed E-state index contributed by atoms with van der Waals surface area (Å²) in [5.41, 5.74) is 6.19. The van der Waals surface area contributed by atoms with Gasteiger partial charge in [-0.05, 0) is 30.9 Å². The first kappa shape index (κ1) is 16.1. The van der Waals surface area contributed by atoms with E-state index < -0.39 is 0 Å². The fraction of sp³-hybridized carbons (Fsp3) is 0.611. The molecule has 1 amide bonds. The zero-order chi connectivity index (χ0) is 16.2. The first-order valence-electron chi connectivity index (χ1n) is 8.53. The summed E-state index contributed by atoms with van der Waals surface area (Å²) in [5.74, 6) is 1.88. The van der Waals surface area contributed by atoms with E-state index in [4.69, 9.17) is 15.2 Å². The first-order valence-corrected chi connectivity index (χ1v) is 8.53. The highest BCUT2D eigenvalue weighted by Gasteiger charge is 2.37. The monoisotopic (exact) mass is 318 g/mol. The Morgan fingerprint density at radius 1 is 1.17 bits per heavy atom. The van der Waals surface area contributed by atoms with Crippen LogP contribution in [0.4, 0.5) is 0 Å². The lowest BCUT2D eigenvalue weighted by Crippen LogP contribution is -2.61. The smallest absolute Gasteiger partial charge is 0.240 e. The van der Waals surface area contributed by atoms with Crippen molar-refractivity contribution in [3.63, 3.8) is 0 Å². The minimum absolute atomic E-state index is 0.0220. The van der Waals surface area contributed by atoms with Crippen molar-refractivity contribution in [3.8, 4) is 11.5 Å². The summed E-state index contributed by atoms with van der Waals surface area (Å²) in [6.45, 7) is 1.22. The number of amides is 1. The van der Waals surface area contributed by atoms with Gasteiger partial charge >= 0.3 is 0 Å². The predicted octanol–water partition coefficient (Wildman–Crippen LogP) is 2.19. The lowest BCUT2D eigenvalue weighted by Gasteiger charge is -2.41. The molecule has 3 rings (SSSR count). The van der Waals surface area contributed by atoms with E-state index in [9.17, 15) is 4.79 Å². The molecule has 2 fully saturated rings. The van der Waals surface area contributed by atoms with Crippen molar-refractivity contribution in [2.75, 3.05) is 20.2 Å². The Morgan fingerprint density at radius 3 is 2.48 bits per heavy atom. The number of nitrogens with two attached hydrogens (primary N) is 1. The van der Waals surface area contributed by atoms with Crippen molar-refractivity contribution in [2.45, 2.75) is 44.2 Å². The molecule has 1 aromatic rings. The molecule has 1 aromatic carbocycles. The lowest BCUT2D eigenvalue weighted by molar-refractivity contribution is -0.143. The van der Waals surface area contributed by atoms with Gasteiger partial charge in [0.1, 0.15) is 6.10 Å². The topological polar surface area (TPSA) is 64.8 Å². The van der Waals surface area contributed by atoms with Crippen LogP contribution in [0.5, 0.6) is 11.5 Å². The summed E-state index contributed by atoms with van der Waals surface area (Å²) in [7, 11) is 1.63. The van der Waals surface area contributed by atoms with Gasteiger partial charge in [-0.1, -0.05) is 31.4 Å². The van der Waals surface area contributed by atoms with Crippen LogP contribution >= 0.6 is 0 Å². The average molecular weight is 318 g/mol. The zero-order valence-electron chi connectivity index (χ0n) is 13.7. The molecule has 0 unspecified atom stereocenters. The first-order chi connectivity index (χ1) is 11.2. The van der Waals surface area contributed by atoms with Crippen LogP contribution in [0.15, 0.2) is 24.3 Å². The Labute approximate surface area is 137 Å². The van der Waals surface area contributed by atoms with Gasteiger partial charge in [0, 0.05) is 0 Å². The Hall–Kier alpha value is -1.75. The number of carbonyl (C=O) groups excluding carboxylic acids is 1. The van der Waals surface area contributed by atoms with E-state index in [0.29, 0.717) is 19.0 Å². The maximum Gasteiger partial charge on any atom is 0.240 e. The average Bonchev–Trinajstić information content (AvgIpc) is 2.57. The van der Waals surface area contributed by atoms with Gasteiger partial charge in [-0.25, -0.2) is 0 Å². The highest BCUT2D eigenvalue weighted by Crippen LogP contribution is 2.30. The van der Waals surface area contributed by atoms with Crippen molar-refractivity contribution in [1.82, 2.24) is 4.90 Å². The van der Waals surface area contributed by atoms with Gasteiger partial charge in [0.25, 0.3) is 0 Å². The van der Waals surface area contributed by atoms with Crippen molar-refractivity contribution in [3.05, 3.63) is 24.3 Å². The van der Waals surface area contributed by atoms with Crippen molar-refractivity contribution < 1.29 is 14.3 Å². The van der Waals surface area contributed by atoms with Crippen LogP contribution < -0.4 is 15.2 Å². The Kier molecular flexibility index (Phi) is 5.06. The summed E-state index contributed by atoms with van der Waals surface area (Å²) in [5, 5.41) is 0. The normalized spacial score (nSPS) is 20.7. The van der Waals surface area contributed by atoms with Crippen LogP contribution in [0.1, 0.15) is 32.1 Å². The maximum absolute atomic E-state index is 12.5. The summed E-state index contributed by atoms with van der Waals surface area (Å²) in [4.78, 5) is 14.3. The van der Waals surface area contributed by atoms with E-state index >= 15 is 0 Å². The van der Waals surface area contributed by atoms with Gasteiger partial charge in [-0.2, -0.15) is 0 Å². The third kappa shape index (κ3) is 3.61. The van der Waals surface area contributed by atoms with E-state index in [1.165, 1.54) is 19.3 Å². The van der Waals surface area contributed by atoms with Crippen LogP contribution in [0, 0.1) is 5.92 Å². The third-order valence-corrected chi connectivity index (χ3v) is 4.97. The molecule has 2 N–H and O–H groups in total. The standard InChI is InChI=1S/C18H26N2O3/c1-22-15-9-5-6-10-16(15)23-14-11-20(12-14)18(21)17(19)13-7-3-2-4-8-13/h5-6,9-10,13-14,17H,2-4,7-8,11-12,19H2,1H3/t17-/m0/s1. The van der Waals surface area contributed by atoms with Gasteiger partial charge in [-0.15, -0.1) is 0 Å². The van der Waals surface area contributed by atoms with Crippen LogP contribution in [-0.4, -0.2) is 43.2 Å². The summed E-state index contributed by atoms with van der Waals surface area (Å²) < 4.78 is 11.2. The number of hydrogen-bond donors (Lipinski definition) is 1. The molecule has 1 heterocycles. The quantitative estimate of drug-likeness (QED) is 0.904. The van der Waals surface area contributed by atoms with E-state index in [0.717, 1.165) is 24.3 Å². The van der Waals surface area contributed by atoms with Crippen LogP contribution in [0.25, 0.3) is 0 Å². The number of ether oxygens (including phenoxy) is 2. The second-order valence-corrected chi connectivity index (χ2v) is 6.56. The van der Waals surface area contributed by atoms with E-state index in [-0.39, 0.29) is 18.1 Å². The molecule has 126 valence electrons. The molecule has 5 heteroatoms. The molecule has 0 bridgehead atoms. The zero-order valence-corrected chi connectivity index (χ0v) is 13.7. The lowest BCUT2D eigenvalue weighted by atomic mass is 9.83. The molecule has 1 atom stereocenters. The van der Waals surface area contributed by atoms with Crippen LogP contribution in [-0.2, 0) is 4.79 Å². The number of para-hydroxylation sites is 2. The number of nitrogens with zero attached hydrogens (tertiary/aromatic N) is 1. The molecule has 0 aromatic heterocycles. The molecule has 0 radical (unpaired) electrons. The molecular weight excluding hydrogens is 292 g/mol. The summed E-state index contributed by atoms with van der Waals surface area (Å²) in [6.07, 6.45) is 5.87. The van der Waals surface area contributed by atoms with Crippen molar-refractivity contribution >= 4 is 5.91 Å². The van der Waals surface area contributed by atoms with Crippen molar-refractivity contribution in [2.24, 2.45) is 11.7 Å². The van der Waals surface area contributed by atoms with Gasteiger partial charge in [0.2, 0.25) is 5.91 Å². The van der Waals surface area contributed by atoms with E-state index in [2.05, 4.69) is 0 Å². The predicted molar refractivity (Wildman–Crippen MR) is 88.5 cm³/mol. The SMILES string of the molecule is COc1ccccc1OC1CN(C(=O)[C@@H](N)C2CCCCC2)C1. The minimum Gasteiger partial charge on any atom is -0.493 e. The molecule has 0 spiro atoms. The number of carbonyl (C=O) groups is 1. The number of benzene rings is 1. The summed E-state index contributed by atoms with van der Waals surface area (Å²) >= 11 is 0. The molecule has 5 nitrogen and oxygen atoms in total. The number of hydrogen-bond acceptors (Lipinski definition) is 4. The Bertz CT molecular complexity index is 537. The third-order valence-electron chi connectivity index (χ3n) is 4.97. The molecule has 1 saturated heterocycles. The van der Waals surface area contributed by atoms with Crippen LogP contribution in [0.2, 0.25) is 0 Å². The molecule has 1 aliphatic heterocycles. The molecule has 1 aliphatic carbocycles. The highest BCUT2D eigenvalue weighted by molar-refractivity contribution is 5.82. The number of rotatable bonds is 5. The van der Waals surface area contributed by atoms with Gasteiger partial charge in [-0.3, -0.25) is 4.79 Å². The minimum atomic E-state index is -0.345. The van der Waals surface area contributed by atoms with Crippen molar-refractivity contribution in [1.29, 1.82) is 0 Å². The molecule has 2 aliphatic rings. The van der Waals surface area contributed by atoms with Crippen LogP contribution in [0.3, 0.4) is 0 Å². The molecule has 23 heavy (non-hydrogen) atoms. The number of likely N-dealkylation sites (tertiary alicyclic amines) is 1. The second-order valence-electron chi connectivity index (χ2n) is 6.56. The van der Waals surface area contributed by atoms with Gasteiger partial charge in [0.15, 0.2) is 11.5 Å². The van der Waals surface area contributed by atoms with Gasteiger partial charge < -0.3 is 20.1 Å². The highest BCUT2D eigenvalue weighted by atomic mass is 16.5. The largest absolute Gasteiger partial charge is 0.493 e. The maximum atomic E-state index is 12.5. The second kappa shape index (κ2) is 7.21. The Balaban J connectivity index is 1.49. The number of methoxy groups -OCH3 is 1. The van der Waals surface area contributed by atoms with E-state index in [1.807, 2.05) is 29.2 Å².